The first-order chi connectivity index (χ1) is 11.0. The van der Waals surface area contributed by atoms with Crippen molar-refractivity contribution in [3.63, 3.8) is 0 Å². The summed E-state index contributed by atoms with van der Waals surface area (Å²) in [6.07, 6.45) is 0.147. The second-order valence-corrected chi connectivity index (χ2v) is 6.95. The summed E-state index contributed by atoms with van der Waals surface area (Å²) < 4.78 is 19.9. The molecule has 0 aromatic rings. The van der Waals surface area contributed by atoms with E-state index in [4.69, 9.17) is 18.9 Å². The molecule has 2 aliphatic rings. The Morgan fingerprint density at radius 1 is 0.875 bits per heavy atom. The molecular weight excluding hydrogens is 320 g/mol. The maximum Gasteiger partial charge on any atom is 0.348 e. The fourth-order valence-corrected chi connectivity index (χ4v) is 2.49. The van der Waals surface area contributed by atoms with Gasteiger partial charge < -0.3 is 18.9 Å². The summed E-state index contributed by atoms with van der Waals surface area (Å²) in [6, 6.07) is 0. The van der Waals surface area contributed by atoms with E-state index in [1.807, 2.05) is 0 Å². The van der Waals surface area contributed by atoms with Crippen molar-refractivity contribution in [2.45, 2.75) is 63.9 Å². The van der Waals surface area contributed by atoms with Crippen LogP contribution in [0.5, 0.6) is 0 Å². The van der Waals surface area contributed by atoms with Crippen LogP contribution >= 0.6 is 0 Å². The van der Waals surface area contributed by atoms with Gasteiger partial charge in [-0.25, -0.2) is 19.2 Å². The summed E-state index contributed by atoms with van der Waals surface area (Å²) >= 11 is 0. The average Bonchev–Trinajstić information content (AvgIpc) is 2.81. The Morgan fingerprint density at radius 3 is 1.46 bits per heavy atom. The van der Waals surface area contributed by atoms with Gasteiger partial charge in [-0.05, 0) is 27.7 Å². The third-order valence-electron chi connectivity index (χ3n) is 3.51. The first-order valence-electron chi connectivity index (χ1n) is 7.52. The normalized spacial score (nSPS) is 27.7. The third-order valence-corrected chi connectivity index (χ3v) is 3.51. The van der Waals surface area contributed by atoms with Gasteiger partial charge in [0.2, 0.25) is 12.2 Å². The first kappa shape index (κ1) is 18.0. The largest absolute Gasteiger partial charge is 0.457 e. The molecule has 0 radical (unpaired) electrons. The van der Waals surface area contributed by atoms with Gasteiger partial charge in [-0.15, -0.1) is 0 Å². The van der Waals surface area contributed by atoms with E-state index >= 15 is 0 Å². The van der Waals surface area contributed by atoms with E-state index in [-0.39, 0.29) is 12.8 Å². The number of hydrogen-bond donors (Lipinski definition) is 0. The zero-order chi connectivity index (χ0) is 18.1. The van der Waals surface area contributed by atoms with Gasteiger partial charge in [-0.2, -0.15) is 0 Å². The molecule has 0 aliphatic carbocycles. The highest BCUT2D eigenvalue weighted by Gasteiger charge is 2.43. The minimum absolute atomic E-state index is 0.235. The Labute approximate surface area is 139 Å². The van der Waals surface area contributed by atoms with Crippen LogP contribution in [0, 0.1) is 0 Å². The number of ether oxygens (including phenoxy) is 4. The molecule has 0 saturated carbocycles. The van der Waals surface area contributed by atoms with Crippen molar-refractivity contribution in [3.05, 3.63) is 12.2 Å². The molecule has 2 fully saturated rings. The van der Waals surface area contributed by atoms with Crippen molar-refractivity contribution in [1.82, 2.24) is 0 Å². The van der Waals surface area contributed by atoms with Gasteiger partial charge in [0.1, 0.15) is 11.2 Å². The molecule has 0 aromatic heterocycles. The Balaban J connectivity index is 1.82. The lowest BCUT2D eigenvalue weighted by molar-refractivity contribution is -0.160. The van der Waals surface area contributed by atoms with Crippen LogP contribution in [0.25, 0.3) is 0 Å². The zero-order valence-electron chi connectivity index (χ0n) is 14.0. The molecule has 2 atom stereocenters. The van der Waals surface area contributed by atoms with Crippen molar-refractivity contribution in [3.8, 4) is 0 Å². The summed E-state index contributed by atoms with van der Waals surface area (Å²) in [5, 5.41) is 0. The molecule has 2 heterocycles. The fourth-order valence-electron chi connectivity index (χ4n) is 2.49. The Morgan fingerprint density at radius 2 is 1.21 bits per heavy atom. The molecule has 8 heteroatoms. The average molecular weight is 340 g/mol. The number of esters is 4. The molecule has 0 N–H and O–H groups in total. The van der Waals surface area contributed by atoms with Gasteiger partial charge in [-0.1, -0.05) is 0 Å². The van der Waals surface area contributed by atoms with E-state index in [1.54, 1.807) is 27.7 Å². The van der Waals surface area contributed by atoms with E-state index < -0.39 is 47.3 Å². The van der Waals surface area contributed by atoms with E-state index in [0.717, 1.165) is 12.2 Å². The predicted molar refractivity (Wildman–Crippen MR) is 78.5 cm³/mol. The van der Waals surface area contributed by atoms with Crippen molar-refractivity contribution < 1.29 is 38.1 Å². The fraction of sp³-hybridized carbons (Fsp3) is 0.625. The molecule has 0 amide bonds. The first-order valence-corrected chi connectivity index (χ1v) is 7.52. The van der Waals surface area contributed by atoms with E-state index in [1.165, 1.54) is 0 Å². The summed E-state index contributed by atoms with van der Waals surface area (Å²) in [7, 11) is 0. The SMILES string of the molecule is CC1(C)C[C@@H](OC(=O)/C=C/C(=O)O[C@@H]2CC(C)(C)OC2=O)C(=O)O1. The summed E-state index contributed by atoms with van der Waals surface area (Å²) in [5.41, 5.74) is -1.39. The smallest absolute Gasteiger partial charge is 0.348 e. The lowest BCUT2D eigenvalue weighted by atomic mass is 10.0. The van der Waals surface area contributed by atoms with E-state index in [2.05, 4.69) is 0 Å². The highest BCUT2D eigenvalue weighted by Crippen LogP contribution is 2.28. The van der Waals surface area contributed by atoms with Crippen LogP contribution < -0.4 is 0 Å². The molecule has 0 aromatic carbocycles. The van der Waals surface area contributed by atoms with Crippen LogP contribution in [0.3, 0.4) is 0 Å². The van der Waals surface area contributed by atoms with Crippen LogP contribution in [-0.4, -0.2) is 47.3 Å². The van der Waals surface area contributed by atoms with Crippen LogP contribution in [-0.2, 0) is 38.1 Å². The zero-order valence-corrected chi connectivity index (χ0v) is 14.0. The third kappa shape index (κ3) is 4.56. The summed E-state index contributed by atoms with van der Waals surface area (Å²) in [6.45, 7) is 6.81. The van der Waals surface area contributed by atoms with E-state index in [9.17, 15) is 19.2 Å². The Hall–Kier alpha value is -2.38. The quantitative estimate of drug-likeness (QED) is 0.421. The second-order valence-electron chi connectivity index (χ2n) is 6.95. The minimum Gasteiger partial charge on any atom is -0.457 e. The predicted octanol–water partition coefficient (Wildman–Crippen LogP) is 0.817. The standard InChI is InChI=1S/C16H20O8/c1-15(2)7-9(13(19)23-15)21-11(17)5-6-12(18)22-10-8-16(3,4)24-14(10)20/h5-6,9-10H,7-8H2,1-4H3/b6-5+/t9-,10-/m1/s1. The highest BCUT2D eigenvalue weighted by atomic mass is 16.6. The van der Waals surface area contributed by atoms with Gasteiger partial charge in [-0.3, -0.25) is 0 Å². The lowest BCUT2D eigenvalue weighted by Gasteiger charge is -2.14. The van der Waals surface area contributed by atoms with Crippen LogP contribution in [0.2, 0.25) is 0 Å². The van der Waals surface area contributed by atoms with Crippen LogP contribution in [0.4, 0.5) is 0 Å². The lowest BCUT2D eigenvalue weighted by Crippen LogP contribution is -2.23. The minimum atomic E-state index is -1.00. The van der Waals surface area contributed by atoms with Crippen molar-refractivity contribution >= 4 is 23.9 Å². The number of carbonyl (C=O) groups is 4. The number of carbonyl (C=O) groups excluding carboxylic acids is 4. The van der Waals surface area contributed by atoms with Crippen molar-refractivity contribution in [2.24, 2.45) is 0 Å². The summed E-state index contributed by atoms with van der Waals surface area (Å²) in [5.74, 6) is -3.00. The van der Waals surface area contributed by atoms with Crippen LogP contribution in [0.1, 0.15) is 40.5 Å². The van der Waals surface area contributed by atoms with Crippen molar-refractivity contribution in [2.75, 3.05) is 0 Å². The van der Waals surface area contributed by atoms with Gasteiger partial charge in [0.25, 0.3) is 0 Å². The van der Waals surface area contributed by atoms with Crippen molar-refractivity contribution in [1.29, 1.82) is 0 Å². The molecule has 2 rings (SSSR count). The van der Waals surface area contributed by atoms with Gasteiger partial charge in [0.15, 0.2) is 0 Å². The molecule has 2 aliphatic heterocycles. The number of hydrogen-bond acceptors (Lipinski definition) is 8. The number of rotatable bonds is 4. The van der Waals surface area contributed by atoms with Gasteiger partial charge >= 0.3 is 23.9 Å². The maximum atomic E-state index is 11.6. The Bertz CT molecular complexity index is 549. The molecule has 24 heavy (non-hydrogen) atoms. The Kier molecular flexibility index (Phi) is 4.68. The van der Waals surface area contributed by atoms with Crippen LogP contribution in [0.15, 0.2) is 12.2 Å². The topological polar surface area (TPSA) is 105 Å². The highest BCUT2D eigenvalue weighted by molar-refractivity contribution is 5.94. The molecule has 8 nitrogen and oxygen atoms in total. The molecule has 0 bridgehead atoms. The molecule has 0 unspecified atom stereocenters. The molecule has 132 valence electrons. The molecule has 0 spiro atoms. The molecular formula is C16H20O8. The maximum absolute atomic E-state index is 11.6. The van der Waals surface area contributed by atoms with E-state index in [0.29, 0.717) is 0 Å². The molecule has 2 saturated heterocycles. The van der Waals surface area contributed by atoms with Gasteiger partial charge in [0, 0.05) is 25.0 Å². The second kappa shape index (κ2) is 6.26. The number of cyclic esters (lactones) is 2. The monoisotopic (exact) mass is 340 g/mol. The summed E-state index contributed by atoms with van der Waals surface area (Å²) in [4.78, 5) is 46.3. The van der Waals surface area contributed by atoms with Gasteiger partial charge in [0.05, 0.1) is 0 Å².